The normalized spacial score (nSPS) is 9.85. The first-order valence-electron chi connectivity index (χ1n) is 4.27. The summed E-state index contributed by atoms with van der Waals surface area (Å²) in [5.74, 6) is 0. The zero-order valence-electron chi connectivity index (χ0n) is 7.22. The molecule has 0 atom stereocenters. The van der Waals surface area contributed by atoms with Gasteiger partial charge in [0.25, 0.3) is 0 Å². The average molecular weight is 363 g/mol. The number of hydrogen-bond acceptors (Lipinski definition) is 0. The van der Waals surface area contributed by atoms with Crippen LogP contribution in [0.1, 0.15) is 0 Å². The molecule has 0 nitrogen and oxygen atoms in total. The van der Waals surface area contributed by atoms with Crippen LogP contribution in [-0.2, 0) is 0 Å². The molecule has 0 heterocycles. The van der Waals surface area contributed by atoms with Crippen molar-refractivity contribution in [2.75, 3.05) is 0 Å². The van der Waals surface area contributed by atoms with Gasteiger partial charge in [0.1, 0.15) is 0 Å². The van der Waals surface area contributed by atoms with Crippen molar-refractivity contribution in [3.05, 3.63) is 60.7 Å². The molecular weight excluding hydrogens is 353 g/mol. The van der Waals surface area contributed by atoms with Crippen molar-refractivity contribution in [1.29, 1.82) is 0 Å². The second kappa shape index (κ2) is 4.53. The Morgan fingerprint density at radius 1 is 0.538 bits per heavy atom. The second-order valence-corrected chi connectivity index (χ2v) is 7.67. The molecule has 1 heteroatoms. The third-order valence-electron chi connectivity index (χ3n) is 1.77. The van der Waals surface area contributed by atoms with Crippen LogP contribution in [0.2, 0.25) is 0 Å². The molecule has 0 N–H and O–H groups in total. The third-order valence-corrected chi connectivity index (χ3v) is 6.10. The molecule has 0 saturated carbocycles. The van der Waals surface area contributed by atoms with E-state index in [0.29, 0.717) is 0 Å². The monoisotopic (exact) mass is 363 g/mol. The van der Waals surface area contributed by atoms with Gasteiger partial charge in [0.2, 0.25) is 0 Å². The second-order valence-electron chi connectivity index (χ2n) is 2.78. The van der Waals surface area contributed by atoms with Gasteiger partial charge >= 0.3 is 90.4 Å². The maximum absolute atomic E-state index is 2.24. The fourth-order valence-corrected chi connectivity index (χ4v) is 4.81. The number of rotatable bonds is 2. The van der Waals surface area contributed by atoms with Gasteiger partial charge in [-0.05, 0) is 0 Å². The van der Waals surface area contributed by atoms with Crippen LogP contribution in [0.3, 0.4) is 0 Å². The Bertz CT molecular complexity index is 316. The standard InChI is InChI=1S/2C6H5.Bi/c2*1-2-4-6-5-3-1;/h2*1-5H;. The Balaban J connectivity index is 2.16. The predicted molar refractivity (Wildman–Crippen MR) is 57.9 cm³/mol. The molecule has 0 saturated heterocycles. The Hall–Kier alpha value is -0.677. The van der Waals surface area contributed by atoms with Crippen LogP contribution >= 0.6 is 0 Å². The summed E-state index contributed by atoms with van der Waals surface area (Å²) in [7, 11) is 0. The van der Waals surface area contributed by atoms with Crippen LogP contribution in [0.5, 0.6) is 0 Å². The average Bonchev–Trinajstić information content (AvgIpc) is 2.21. The van der Waals surface area contributed by atoms with Crippen molar-refractivity contribution in [3.63, 3.8) is 0 Å². The van der Waals surface area contributed by atoms with Crippen molar-refractivity contribution in [2.24, 2.45) is 0 Å². The first-order chi connectivity index (χ1) is 6.45. The molecule has 63 valence electrons. The van der Waals surface area contributed by atoms with E-state index in [4.69, 9.17) is 0 Å². The van der Waals surface area contributed by atoms with Crippen LogP contribution in [0.4, 0.5) is 0 Å². The molecule has 2 rings (SSSR count). The van der Waals surface area contributed by atoms with Crippen LogP contribution < -0.4 is 6.54 Å². The minimum absolute atomic E-state index is 0.613. The summed E-state index contributed by atoms with van der Waals surface area (Å²) in [4.78, 5) is 0. The van der Waals surface area contributed by atoms with E-state index >= 15 is 0 Å². The SMILES string of the molecule is c1cc[c]([Bi][c]2ccccc2)cc1. The Morgan fingerprint density at radius 2 is 0.923 bits per heavy atom. The van der Waals surface area contributed by atoms with Crippen molar-refractivity contribution < 1.29 is 0 Å². The van der Waals surface area contributed by atoms with E-state index in [1.165, 1.54) is 0 Å². The number of hydrogen-bond donors (Lipinski definition) is 0. The van der Waals surface area contributed by atoms with E-state index in [9.17, 15) is 0 Å². The zero-order valence-corrected chi connectivity index (χ0v) is 10.7. The molecule has 0 fully saturated rings. The molecular formula is C12H10Bi. The van der Waals surface area contributed by atoms with Gasteiger partial charge in [0, 0.05) is 0 Å². The molecule has 0 aliphatic carbocycles. The molecule has 0 amide bonds. The first kappa shape index (κ1) is 8.90. The van der Waals surface area contributed by atoms with Gasteiger partial charge in [-0.1, -0.05) is 0 Å². The maximum atomic E-state index is 2.24. The van der Waals surface area contributed by atoms with Crippen molar-refractivity contribution >= 4 is 29.8 Å². The van der Waals surface area contributed by atoms with E-state index in [1.54, 1.807) is 6.54 Å². The first-order valence-corrected chi connectivity index (χ1v) is 7.75. The third kappa shape index (κ3) is 2.64. The fourth-order valence-electron chi connectivity index (χ4n) is 1.15. The molecule has 0 unspecified atom stereocenters. The van der Waals surface area contributed by atoms with Gasteiger partial charge in [-0.3, -0.25) is 0 Å². The molecule has 0 bridgehead atoms. The summed E-state index contributed by atoms with van der Waals surface area (Å²) in [6.45, 7) is 0. The molecule has 2 aromatic rings. The van der Waals surface area contributed by atoms with Gasteiger partial charge in [-0.25, -0.2) is 0 Å². The molecule has 1 radical (unpaired) electrons. The van der Waals surface area contributed by atoms with Crippen LogP contribution in [0.25, 0.3) is 0 Å². The molecule has 0 spiro atoms. The summed E-state index contributed by atoms with van der Waals surface area (Å²) >= 11 is -0.613. The van der Waals surface area contributed by atoms with Gasteiger partial charge in [-0.2, -0.15) is 0 Å². The van der Waals surface area contributed by atoms with Gasteiger partial charge in [0.15, 0.2) is 0 Å². The Labute approximate surface area is 90.2 Å². The summed E-state index contributed by atoms with van der Waals surface area (Å²) in [6, 6.07) is 21.6. The summed E-state index contributed by atoms with van der Waals surface area (Å²) < 4.78 is 3.10. The summed E-state index contributed by atoms with van der Waals surface area (Å²) in [5.41, 5.74) is 0. The Morgan fingerprint density at radius 3 is 1.31 bits per heavy atom. The number of benzene rings is 2. The van der Waals surface area contributed by atoms with Crippen molar-refractivity contribution in [1.82, 2.24) is 0 Å². The van der Waals surface area contributed by atoms with Gasteiger partial charge < -0.3 is 0 Å². The predicted octanol–water partition coefficient (Wildman–Crippen LogP) is 1.34. The molecule has 2 aromatic carbocycles. The van der Waals surface area contributed by atoms with E-state index < -0.39 is 23.2 Å². The van der Waals surface area contributed by atoms with Gasteiger partial charge in [0.05, 0.1) is 0 Å². The quantitative estimate of drug-likeness (QED) is 0.707. The zero-order chi connectivity index (χ0) is 8.93. The van der Waals surface area contributed by atoms with Crippen LogP contribution in [0, 0.1) is 0 Å². The molecule has 0 aromatic heterocycles. The topological polar surface area (TPSA) is 0 Å². The van der Waals surface area contributed by atoms with Crippen LogP contribution in [0.15, 0.2) is 60.7 Å². The van der Waals surface area contributed by atoms with E-state index in [2.05, 4.69) is 60.7 Å². The van der Waals surface area contributed by atoms with Crippen LogP contribution in [-0.4, -0.2) is 23.2 Å². The van der Waals surface area contributed by atoms with Crippen molar-refractivity contribution in [2.45, 2.75) is 0 Å². The van der Waals surface area contributed by atoms with E-state index in [1.807, 2.05) is 0 Å². The van der Waals surface area contributed by atoms with Crippen molar-refractivity contribution in [3.8, 4) is 0 Å². The van der Waals surface area contributed by atoms with E-state index in [-0.39, 0.29) is 0 Å². The summed E-state index contributed by atoms with van der Waals surface area (Å²) in [6.07, 6.45) is 0. The minimum atomic E-state index is -0.613. The molecule has 13 heavy (non-hydrogen) atoms. The Kier molecular flexibility index (Phi) is 3.10. The molecule has 0 aliphatic heterocycles. The fraction of sp³-hybridized carbons (Fsp3) is 0. The van der Waals surface area contributed by atoms with Gasteiger partial charge in [-0.15, -0.1) is 0 Å². The summed E-state index contributed by atoms with van der Waals surface area (Å²) in [5, 5.41) is 0. The van der Waals surface area contributed by atoms with E-state index in [0.717, 1.165) is 0 Å². The molecule has 0 aliphatic rings.